The van der Waals surface area contributed by atoms with Crippen molar-refractivity contribution in [2.45, 2.75) is 26.7 Å². The molecule has 0 aliphatic carbocycles. The second-order valence-electron chi connectivity index (χ2n) is 1.91. The third-order valence-corrected chi connectivity index (χ3v) is 2.45. The largest absolute Gasteiger partial charge is 0.479 e. The van der Waals surface area contributed by atoms with Crippen molar-refractivity contribution in [2.24, 2.45) is 0 Å². The molecule has 0 bridgehead atoms. The van der Waals surface area contributed by atoms with Gasteiger partial charge in [-0.2, -0.15) is 0 Å². The molecule has 0 rings (SSSR count). The molecule has 0 atom stereocenters. The van der Waals surface area contributed by atoms with Crippen LogP contribution in [0, 0.1) is 0 Å². The first-order valence-electron chi connectivity index (χ1n) is 3.58. The first-order chi connectivity index (χ1) is 5.20. The Bertz CT molecular complexity index is 129. The lowest BCUT2D eigenvalue weighted by Gasteiger charge is -2.03. The molecule has 0 aliphatic rings. The normalized spacial score (nSPS) is 9.27. The van der Waals surface area contributed by atoms with Gasteiger partial charge in [0.2, 0.25) is 4.38 Å². The molecule has 0 aromatic heterocycles. The molecular weight excluding hydrogens is 196 g/mol. The van der Waals surface area contributed by atoms with Gasteiger partial charge in [-0.1, -0.05) is 25.6 Å². The number of hydrogen-bond acceptors (Lipinski definition) is 4. The molecule has 11 heavy (non-hydrogen) atoms. The number of thiocarbonyl (C=S) groups is 2. The van der Waals surface area contributed by atoms with E-state index < -0.39 is 0 Å². The van der Waals surface area contributed by atoms with Gasteiger partial charge in [-0.3, -0.25) is 0 Å². The van der Waals surface area contributed by atoms with E-state index in [1.54, 1.807) is 0 Å². The average molecular weight is 208 g/mol. The second-order valence-corrected chi connectivity index (χ2v) is 4.36. The summed E-state index contributed by atoms with van der Waals surface area (Å²) in [5.41, 5.74) is 0. The van der Waals surface area contributed by atoms with Crippen LogP contribution in [0.15, 0.2) is 0 Å². The Balaban J connectivity index is 3.49. The van der Waals surface area contributed by atoms with Crippen LogP contribution in [0.25, 0.3) is 0 Å². The Labute approximate surface area is 82.9 Å². The molecule has 64 valence electrons. The van der Waals surface area contributed by atoms with Crippen molar-refractivity contribution >= 4 is 44.8 Å². The number of rotatable bonds is 3. The molecule has 0 fully saturated rings. The van der Waals surface area contributed by atoms with E-state index in [2.05, 4.69) is 6.92 Å². The van der Waals surface area contributed by atoms with E-state index in [0.717, 1.165) is 17.0 Å². The van der Waals surface area contributed by atoms with Crippen LogP contribution < -0.4 is 0 Å². The molecule has 0 aliphatic heterocycles. The van der Waals surface area contributed by atoms with E-state index in [0.29, 0.717) is 11.0 Å². The zero-order valence-corrected chi connectivity index (χ0v) is 9.20. The summed E-state index contributed by atoms with van der Waals surface area (Å²) >= 11 is 11.3. The summed E-state index contributed by atoms with van der Waals surface area (Å²) in [4.78, 5) is 0. The van der Waals surface area contributed by atoms with Gasteiger partial charge in [-0.25, -0.2) is 0 Å². The van der Waals surface area contributed by atoms with Gasteiger partial charge in [-0.15, -0.1) is 0 Å². The van der Waals surface area contributed by atoms with Gasteiger partial charge in [0.15, 0.2) is 0 Å². The number of ether oxygens (including phenoxy) is 1. The smallest absolute Gasteiger partial charge is 0.225 e. The predicted molar refractivity (Wildman–Crippen MR) is 59.3 cm³/mol. The lowest BCUT2D eigenvalue weighted by atomic mass is 10.4. The molecule has 0 unspecified atom stereocenters. The monoisotopic (exact) mass is 208 g/mol. The Morgan fingerprint density at radius 1 is 1.36 bits per heavy atom. The van der Waals surface area contributed by atoms with Crippen molar-refractivity contribution in [3.8, 4) is 0 Å². The summed E-state index contributed by atoms with van der Waals surface area (Å²) in [5.74, 6) is 0. The number of thioether (sulfide) groups is 1. The maximum absolute atomic E-state index is 5.07. The molecule has 0 N–H and O–H groups in total. The maximum Gasteiger partial charge on any atom is 0.225 e. The van der Waals surface area contributed by atoms with E-state index in [1.165, 1.54) is 11.8 Å². The molecule has 1 nitrogen and oxygen atoms in total. The zero-order chi connectivity index (χ0) is 8.69. The van der Waals surface area contributed by atoms with E-state index >= 15 is 0 Å². The lowest BCUT2D eigenvalue weighted by Crippen LogP contribution is -1.99. The lowest BCUT2D eigenvalue weighted by molar-refractivity contribution is 0.346. The molecule has 0 aromatic carbocycles. The third kappa shape index (κ3) is 6.72. The molecule has 0 saturated heterocycles. The van der Waals surface area contributed by atoms with Gasteiger partial charge in [0.05, 0.1) is 10.8 Å². The van der Waals surface area contributed by atoms with Gasteiger partial charge in [0.25, 0.3) is 0 Å². The van der Waals surface area contributed by atoms with Crippen LogP contribution in [-0.2, 0) is 4.74 Å². The highest BCUT2D eigenvalue weighted by atomic mass is 32.2. The van der Waals surface area contributed by atoms with E-state index in [1.807, 2.05) is 6.92 Å². The molecule has 0 radical (unpaired) electrons. The first-order valence-corrected chi connectivity index (χ1v) is 5.21. The molecule has 0 aromatic rings. The average Bonchev–Trinajstić information content (AvgIpc) is 1.87. The molecular formula is C7H12OS3. The highest BCUT2D eigenvalue weighted by Crippen LogP contribution is 2.12. The minimum absolute atomic E-state index is 0.547. The van der Waals surface area contributed by atoms with Crippen LogP contribution in [-0.4, -0.2) is 15.2 Å². The summed E-state index contributed by atoms with van der Waals surface area (Å²) in [5, 5.41) is 0. The molecule has 0 heterocycles. The molecule has 4 heteroatoms. The SMILES string of the molecule is CCCC(=S)SC(=S)OCC. The van der Waals surface area contributed by atoms with Gasteiger partial charge in [-0.05, 0) is 37.3 Å². The van der Waals surface area contributed by atoms with Crippen LogP contribution in [0.2, 0.25) is 0 Å². The van der Waals surface area contributed by atoms with Crippen molar-refractivity contribution in [3.63, 3.8) is 0 Å². The highest BCUT2D eigenvalue weighted by molar-refractivity contribution is 8.37. The summed E-state index contributed by atoms with van der Waals surface area (Å²) in [6, 6.07) is 0. The summed E-state index contributed by atoms with van der Waals surface area (Å²) in [6.07, 6.45) is 2.01. The van der Waals surface area contributed by atoms with Crippen molar-refractivity contribution in [3.05, 3.63) is 0 Å². The summed E-state index contributed by atoms with van der Waals surface area (Å²) < 4.78 is 6.54. The van der Waals surface area contributed by atoms with Crippen LogP contribution in [0.4, 0.5) is 0 Å². The molecule has 0 saturated carbocycles. The van der Waals surface area contributed by atoms with Crippen molar-refractivity contribution in [1.82, 2.24) is 0 Å². The summed E-state index contributed by atoms with van der Waals surface area (Å²) in [6.45, 7) is 4.63. The Kier molecular flexibility index (Phi) is 7.22. The molecule has 0 spiro atoms. The predicted octanol–water partition coefficient (Wildman–Crippen LogP) is 3.17. The topological polar surface area (TPSA) is 9.23 Å². The van der Waals surface area contributed by atoms with Crippen LogP contribution in [0.3, 0.4) is 0 Å². The molecule has 0 amide bonds. The van der Waals surface area contributed by atoms with Gasteiger partial charge >= 0.3 is 0 Å². The van der Waals surface area contributed by atoms with Crippen molar-refractivity contribution < 1.29 is 4.74 Å². The number of hydrogen-bond donors (Lipinski definition) is 0. The Hall–Kier alpha value is 0.330. The van der Waals surface area contributed by atoms with Crippen LogP contribution in [0.1, 0.15) is 26.7 Å². The quantitative estimate of drug-likeness (QED) is 0.658. The van der Waals surface area contributed by atoms with Crippen molar-refractivity contribution in [2.75, 3.05) is 6.61 Å². The van der Waals surface area contributed by atoms with Crippen molar-refractivity contribution in [1.29, 1.82) is 0 Å². The Morgan fingerprint density at radius 3 is 2.45 bits per heavy atom. The van der Waals surface area contributed by atoms with E-state index in [9.17, 15) is 0 Å². The Morgan fingerprint density at radius 2 is 2.00 bits per heavy atom. The van der Waals surface area contributed by atoms with Gasteiger partial charge in [0.1, 0.15) is 0 Å². The van der Waals surface area contributed by atoms with E-state index in [-0.39, 0.29) is 0 Å². The maximum atomic E-state index is 5.07. The van der Waals surface area contributed by atoms with E-state index in [4.69, 9.17) is 29.2 Å². The minimum Gasteiger partial charge on any atom is -0.479 e. The standard InChI is InChI=1S/C7H12OS3/c1-3-5-6(9)11-7(10)8-4-2/h3-5H2,1-2H3. The zero-order valence-electron chi connectivity index (χ0n) is 6.75. The van der Waals surface area contributed by atoms with Crippen LogP contribution >= 0.6 is 36.2 Å². The second kappa shape index (κ2) is 7.00. The first kappa shape index (κ1) is 11.3. The highest BCUT2D eigenvalue weighted by Gasteiger charge is 2.01. The van der Waals surface area contributed by atoms with Gasteiger partial charge < -0.3 is 4.74 Å². The minimum atomic E-state index is 0.547. The van der Waals surface area contributed by atoms with Crippen LogP contribution in [0.5, 0.6) is 0 Å². The summed E-state index contributed by atoms with van der Waals surface area (Å²) in [7, 11) is 0. The third-order valence-electron chi connectivity index (χ3n) is 0.913. The fraction of sp³-hybridized carbons (Fsp3) is 0.714. The van der Waals surface area contributed by atoms with Gasteiger partial charge in [0, 0.05) is 0 Å². The fourth-order valence-corrected chi connectivity index (χ4v) is 2.17. The fourth-order valence-electron chi connectivity index (χ4n) is 0.495.